The molecule has 1 aliphatic rings. The Labute approximate surface area is 135 Å². The number of sulfonamides is 1. The summed E-state index contributed by atoms with van der Waals surface area (Å²) in [4.78, 5) is 11.9. The molecule has 0 atom stereocenters. The van der Waals surface area contributed by atoms with Crippen LogP contribution in [-0.4, -0.2) is 58.6 Å². The average molecular weight is 338 g/mol. The van der Waals surface area contributed by atoms with Crippen molar-refractivity contribution in [2.75, 3.05) is 40.0 Å². The number of terminal acetylenes is 1. The van der Waals surface area contributed by atoms with Gasteiger partial charge in [0.1, 0.15) is 10.6 Å². The van der Waals surface area contributed by atoms with Crippen molar-refractivity contribution in [2.24, 2.45) is 0 Å². The Morgan fingerprint density at radius 3 is 2.74 bits per heavy atom. The van der Waals surface area contributed by atoms with E-state index < -0.39 is 15.9 Å². The van der Waals surface area contributed by atoms with E-state index in [9.17, 15) is 13.2 Å². The lowest BCUT2D eigenvalue weighted by molar-refractivity contribution is 0.0729. The number of nitrogens with zero attached hydrogens (tertiary/aromatic N) is 1. The van der Waals surface area contributed by atoms with E-state index in [-0.39, 0.29) is 35.8 Å². The normalized spacial score (nSPS) is 15.7. The van der Waals surface area contributed by atoms with E-state index in [0.717, 1.165) is 0 Å². The topological polar surface area (TPSA) is 84.9 Å². The third-order valence-corrected chi connectivity index (χ3v) is 5.28. The van der Waals surface area contributed by atoms with Gasteiger partial charge < -0.3 is 14.8 Å². The fraction of sp³-hybridized carbons (Fsp3) is 0.400. The Kier molecular flexibility index (Phi) is 5.60. The molecule has 0 saturated carbocycles. The van der Waals surface area contributed by atoms with Crippen molar-refractivity contribution in [2.45, 2.75) is 4.90 Å². The van der Waals surface area contributed by atoms with Crippen molar-refractivity contribution in [3.63, 3.8) is 0 Å². The molecule has 1 heterocycles. The Morgan fingerprint density at radius 1 is 1.43 bits per heavy atom. The molecule has 124 valence electrons. The maximum atomic E-state index is 12.8. The second-order valence-corrected chi connectivity index (χ2v) is 6.68. The molecule has 1 N–H and O–H groups in total. The van der Waals surface area contributed by atoms with Crippen LogP contribution in [0.25, 0.3) is 0 Å². The van der Waals surface area contributed by atoms with E-state index >= 15 is 0 Å². The zero-order valence-electron chi connectivity index (χ0n) is 12.7. The van der Waals surface area contributed by atoms with E-state index in [0.29, 0.717) is 13.2 Å². The first-order chi connectivity index (χ1) is 11.0. The van der Waals surface area contributed by atoms with Crippen LogP contribution in [-0.2, 0) is 14.8 Å². The van der Waals surface area contributed by atoms with E-state index in [4.69, 9.17) is 15.9 Å². The molecule has 23 heavy (non-hydrogen) atoms. The van der Waals surface area contributed by atoms with Gasteiger partial charge >= 0.3 is 0 Å². The van der Waals surface area contributed by atoms with Gasteiger partial charge in [-0.1, -0.05) is 5.92 Å². The lowest BCUT2D eigenvalue weighted by Gasteiger charge is -2.26. The Morgan fingerprint density at radius 2 is 2.13 bits per heavy atom. The van der Waals surface area contributed by atoms with Crippen LogP contribution in [0.3, 0.4) is 0 Å². The molecule has 0 bridgehead atoms. The molecule has 8 heteroatoms. The minimum Gasteiger partial charge on any atom is -0.495 e. The average Bonchev–Trinajstić information content (AvgIpc) is 2.59. The molecule has 0 spiro atoms. The monoisotopic (exact) mass is 338 g/mol. The fourth-order valence-electron chi connectivity index (χ4n) is 2.18. The summed E-state index contributed by atoms with van der Waals surface area (Å²) >= 11 is 0. The van der Waals surface area contributed by atoms with Crippen molar-refractivity contribution < 1.29 is 22.7 Å². The second-order valence-electron chi connectivity index (χ2n) is 4.77. The molecule has 2 rings (SSSR count). The molecular formula is C15H18N2O5S. The minimum atomic E-state index is -3.77. The smallest absolute Gasteiger partial charge is 0.252 e. The molecule has 7 nitrogen and oxygen atoms in total. The summed E-state index contributed by atoms with van der Waals surface area (Å²) in [5.74, 6) is 2.03. The molecule has 1 fully saturated rings. The van der Waals surface area contributed by atoms with E-state index in [1.54, 1.807) is 0 Å². The van der Waals surface area contributed by atoms with Crippen LogP contribution in [0.15, 0.2) is 23.1 Å². The van der Waals surface area contributed by atoms with Gasteiger partial charge in [0.15, 0.2) is 0 Å². The van der Waals surface area contributed by atoms with Gasteiger partial charge in [-0.25, -0.2) is 8.42 Å². The SMILES string of the molecule is C#CCNC(=O)c1ccc(OC)c(S(=O)(=O)N2CCOCC2)c1. The Bertz CT molecular complexity index is 718. The first-order valence-electron chi connectivity index (χ1n) is 6.98. The van der Waals surface area contributed by atoms with Gasteiger partial charge in [-0.15, -0.1) is 6.42 Å². The molecule has 0 aliphatic carbocycles. The number of ether oxygens (including phenoxy) is 2. The second kappa shape index (κ2) is 7.46. The molecule has 1 amide bonds. The largest absolute Gasteiger partial charge is 0.495 e. The summed E-state index contributed by atoms with van der Waals surface area (Å²) in [6, 6.07) is 4.25. The standard InChI is InChI=1S/C15H18N2O5S/c1-3-6-16-15(18)12-4-5-13(21-2)14(11-12)23(19,20)17-7-9-22-10-8-17/h1,4-5,11H,6-10H2,2H3,(H,16,18). The number of hydrogen-bond acceptors (Lipinski definition) is 5. The number of nitrogens with one attached hydrogen (secondary N) is 1. The van der Waals surface area contributed by atoms with Crippen LogP contribution in [0.2, 0.25) is 0 Å². The quantitative estimate of drug-likeness (QED) is 0.769. The van der Waals surface area contributed by atoms with Crippen molar-refractivity contribution in [3.8, 4) is 18.1 Å². The fourth-order valence-corrected chi connectivity index (χ4v) is 3.77. The highest BCUT2D eigenvalue weighted by atomic mass is 32.2. The van der Waals surface area contributed by atoms with Gasteiger partial charge in [-0.2, -0.15) is 4.31 Å². The van der Waals surface area contributed by atoms with E-state index in [1.165, 1.54) is 29.6 Å². The molecule has 1 aliphatic heterocycles. The molecule has 1 saturated heterocycles. The number of rotatable bonds is 5. The van der Waals surface area contributed by atoms with Gasteiger partial charge in [0.2, 0.25) is 10.0 Å². The van der Waals surface area contributed by atoms with Crippen molar-refractivity contribution in [1.29, 1.82) is 0 Å². The number of carbonyl (C=O) groups is 1. The Hall–Kier alpha value is -2.08. The highest BCUT2D eigenvalue weighted by Gasteiger charge is 2.30. The van der Waals surface area contributed by atoms with Crippen LogP contribution < -0.4 is 10.1 Å². The third-order valence-electron chi connectivity index (χ3n) is 3.36. The number of carbonyl (C=O) groups excluding carboxylic acids is 1. The predicted octanol–water partition coefficient (Wildman–Crippen LogP) is 0.0791. The number of methoxy groups -OCH3 is 1. The van der Waals surface area contributed by atoms with Crippen molar-refractivity contribution in [1.82, 2.24) is 9.62 Å². The molecule has 0 aromatic heterocycles. The van der Waals surface area contributed by atoms with Gasteiger partial charge in [-0.3, -0.25) is 4.79 Å². The Balaban J connectivity index is 2.39. The lowest BCUT2D eigenvalue weighted by atomic mass is 10.2. The van der Waals surface area contributed by atoms with Crippen LogP contribution in [0.5, 0.6) is 5.75 Å². The van der Waals surface area contributed by atoms with Crippen LogP contribution in [0.4, 0.5) is 0 Å². The zero-order valence-corrected chi connectivity index (χ0v) is 13.6. The summed E-state index contributed by atoms with van der Waals surface area (Å²) in [6.07, 6.45) is 5.10. The highest BCUT2D eigenvalue weighted by molar-refractivity contribution is 7.89. The number of hydrogen-bond donors (Lipinski definition) is 1. The number of amides is 1. The molecular weight excluding hydrogens is 320 g/mol. The summed E-state index contributed by atoms with van der Waals surface area (Å²) in [7, 11) is -2.39. The number of benzene rings is 1. The summed E-state index contributed by atoms with van der Waals surface area (Å²) < 4.78 is 37.2. The summed E-state index contributed by atoms with van der Waals surface area (Å²) in [5, 5.41) is 2.50. The molecule has 0 radical (unpaired) electrons. The van der Waals surface area contributed by atoms with Crippen LogP contribution >= 0.6 is 0 Å². The van der Waals surface area contributed by atoms with Crippen molar-refractivity contribution >= 4 is 15.9 Å². The van der Waals surface area contributed by atoms with Crippen LogP contribution in [0, 0.1) is 12.3 Å². The molecule has 0 unspecified atom stereocenters. The van der Waals surface area contributed by atoms with Crippen LogP contribution in [0.1, 0.15) is 10.4 Å². The predicted molar refractivity (Wildman–Crippen MR) is 83.7 cm³/mol. The van der Waals surface area contributed by atoms with Crippen molar-refractivity contribution in [3.05, 3.63) is 23.8 Å². The van der Waals surface area contributed by atoms with Gasteiger partial charge in [0, 0.05) is 18.7 Å². The number of morpholine rings is 1. The molecule has 1 aromatic rings. The zero-order chi connectivity index (χ0) is 16.9. The first-order valence-corrected chi connectivity index (χ1v) is 8.42. The maximum Gasteiger partial charge on any atom is 0.252 e. The van der Waals surface area contributed by atoms with Gasteiger partial charge in [-0.05, 0) is 18.2 Å². The first kappa shape index (κ1) is 17.3. The van der Waals surface area contributed by atoms with Gasteiger partial charge in [0.05, 0.1) is 26.9 Å². The minimum absolute atomic E-state index is 0.0461. The van der Waals surface area contributed by atoms with Gasteiger partial charge in [0.25, 0.3) is 5.91 Å². The summed E-state index contributed by atoms with van der Waals surface area (Å²) in [6.45, 7) is 1.27. The van der Waals surface area contributed by atoms with E-state index in [2.05, 4.69) is 11.2 Å². The maximum absolute atomic E-state index is 12.8. The van der Waals surface area contributed by atoms with E-state index in [1.807, 2.05) is 0 Å². The molecule has 1 aromatic carbocycles. The highest BCUT2D eigenvalue weighted by Crippen LogP contribution is 2.28. The summed E-state index contributed by atoms with van der Waals surface area (Å²) in [5.41, 5.74) is 0.202. The lowest BCUT2D eigenvalue weighted by Crippen LogP contribution is -2.40. The third kappa shape index (κ3) is 3.82.